The Morgan fingerprint density at radius 2 is 2.00 bits per heavy atom. The summed E-state index contributed by atoms with van der Waals surface area (Å²) >= 11 is 0. The summed E-state index contributed by atoms with van der Waals surface area (Å²) in [6.07, 6.45) is 2.80. The maximum Gasteiger partial charge on any atom is 0.317 e. The first-order chi connectivity index (χ1) is 10.8. The maximum atomic E-state index is 12.2. The van der Waals surface area contributed by atoms with Gasteiger partial charge in [-0.2, -0.15) is 4.31 Å². The number of carbonyl (C=O) groups is 1. The van der Waals surface area contributed by atoms with Gasteiger partial charge in [0.1, 0.15) is 5.76 Å². The lowest BCUT2D eigenvalue weighted by molar-refractivity contribution is 0.167. The predicted molar refractivity (Wildman–Crippen MR) is 86.5 cm³/mol. The summed E-state index contributed by atoms with van der Waals surface area (Å²) in [5.41, 5.74) is 0. The first kappa shape index (κ1) is 17.8. The van der Waals surface area contributed by atoms with Gasteiger partial charge in [0.25, 0.3) is 0 Å². The Kier molecular flexibility index (Phi) is 5.66. The van der Waals surface area contributed by atoms with Gasteiger partial charge in [-0.05, 0) is 26.2 Å². The van der Waals surface area contributed by atoms with E-state index in [9.17, 15) is 13.2 Å². The number of furan rings is 1. The Morgan fingerprint density at radius 3 is 2.48 bits per heavy atom. The second kappa shape index (κ2) is 7.33. The maximum absolute atomic E-state index is 12.2. The van der Waals surface area contributed by atoms with Crippen LogP contribution in [0.1, 0.15) is 11.8 Å². The van der Waals surface area contributed by atoms with E-state index in [1.165, 1.54) is 10.6 Å². The lowest BCUT2D eigenvalue weighted by Gasteiger charge is -2.33. The molecule has 23 heavy (non-hydrogen) atoms. The minimum Gasteiger partial charge on any atom is -0.468 e. The molecule has 1 N–H and O–H groups in total. The van der Waals surface area contributed by atoms with Gasteiger partial charge in [0.2, 0.25) is 10.0 Å². The molecule has 1 fully saturated rings. The van der Waals surface area contributed by atoms with Gasteiger partial charge in [0.15, 0.2) is 0 Å². The monoisotopic (exact) mass is 344 g/mol. The van der Waals surface area contributed by atoms with Crippen LogP contribution in [0.15, 0.2) is 22.8 Å². The summed E-state index contributed by atoms with van der Waals surface area (Å²) < 4.78 is 29.7. The van der Waals surface area contributed by atoms with Crippen LogP contribution >= 0.6 is 0 Å². The van der Waals surface area contributed by atoms with Crippen molar-refractivity contribution in [3.63, 3.8) is 0 Å². The molecule has 0 bridgehead atoms. The highest BCUT2D eigenvalue weighted by Crippen LogP contribution is 2.17. The molecule has 2 amide bonds. The largest absolute Gasteiger partial charge is 0.468 e. The zero-order valence-corrected chi connectivity index (χ0v) is 14.5. The fraction of sp³-hybridized carbons (Fsp3) is 0.643. The topological polar surface area (TPSA) is 86.1 Å². The molecule has 2 rings (SSSR count). The summed E-state index contributed by atoms with van der Waals surface area (Å²) in [7, 11) is 0.656. The number of piperazine rings is 1. The Bertz CT molecular complexity index is 607. The molecule has 1 saturated heterocycles. The number of nitrogens with zero attached hydrogens (tertiary/aromatic N) is 3. The number of nitrogens with one attached hydrogen (secondary N) is 1. The Balaban J connectivity index is 1.85. The molecule has 0 saturated carbocycles. The zero-order valence-electron chi connectivity index (χ0n) is 13.7. The minimum atomic E-state index is -3.19. The van der Waals surface area contributed by atoms with Crippen LogP contribution in [0.25, 0.3) is 0 Å². The smallest absolute Gasteiger partial charge is 0.317 e. The number of hydrogen-bond donors (Lipinski definition) is 1. The molecular formula is C14H24N4O4S. The van der Waals surface area contributed by atoms with E-state index in [2.05, 4.69) is 5.32 Å². The van der Waals surface area contributed by atoms with Gasteiger partial charge in [0.05, 0.1) is 18.6 Å². The lowest BCUT2D eigenvalue weighted by Crippen LogP contribution is -2.53. The molecule has 2 heterocycles. The van der Waals surface area contributed by atoms with Gasteiger partial charge in [-0.25, -0.2) is 13.2 Å². The van der Waals surface area contributed by atoms with E-state index in [-0.39, 0.29) is 12.1 Å². The van der Waals surface area contributed by atoms with Gasteiger partial charge in [-0.1, -0.05) is 0 Å². The first-order valence-corrected chi connectivity index (χ1v) is 9.31. The first-order valence-electron chi connectivity index (χ1n) is 7.47. The van der Waals surface area contributed by atoms with E-state index >= 15 is 0 Å². The van der Waals surface area contributed by atoms with Crippen molar-refractivity contribution in [2.24, 2.45) is 0 Å². The van der Waals surface area contributed by atoms with Crippen LogP contribution in [0, 0.1) is 0 Å². The van der Waals surface area contributed by atoms with Gasteiger partial charge in [-0.15, -0.1) is 0 Å². The van der Waals surface area contributed by atoms with E-state index in [0.29, 0.717) is 32.7 Å². The molecule has 0 aliphatic carbocycles. The van der Waals surface area contributed by atoms with Crippen LogP contribution < -0.4 is 5.32 Å². The molecule has 0 spiro atoms. The quantitative estimate of drug-likeness (QED) is 0.823. The Labute approximate surface area is 137 Å². The third kappa shape index (κ3) is 4.69. The van der Waals surface area contributed by atoms with E-state index < -0.39 is 10.0 Å². The molecule has 0 radical (unpaired) electrons. The van der Waals surface area contributed by atoms with E-state index in [0.717, 1.165) is 5.76 Å². The van der Waals surface area contributed by atoms with E-state index in [1.54, 1.807) is 11.2 Å². The zero-order chi connectivity index (χ0) is 17.0. The van der Waals surface area contributed by atoms with Gasteiger partial charge in [0, 0.05) is 32.7 Å². The molecule has 1 aliphatic heterocycles. The van der Waals surface area contributed by atoms with Crippen molar-refractivity contribution in [2.45, 2.75) is 6.04 Å². The number of sulfonamides is 1. The average molecular weight is 344 g/mol. The van der Waals surface area contributed by atoms with Crippen molar-refractivity contribution in [2.75, 3.05) is 53.1 Å². The van der Waals surface area contributed by atoms with Crippen LogP contribution in [0.4, 0.5) is 4.79 Å². The standard InChI is InChI=1S/C14H24N4O4S/c1-16(2)12(13-5-4-10-22-13)11-15-14(19)17-6-8-18(9-7-17)23(3,20)21/h4-5,10,12H,6-9,11H2,1-3H3,(H,15,19). The number of amides is 2. The Morgan fingerprint density at radius 1 is 1.35 bits per heavy atom. The van der Waals surface area contributed by atoms with Gasteiger partial charge >= 0.3 is 6.03 Å². The number of likely N-dealkylation sites (N-methyl/N-ethyl adjacent to an activating group) is 1. The molecule has 0 aromatic carbocycles. The minimum absolute atomic E-state index is 0.0498. The summed E-state index contributed by atoms with van der Waals surface area (Å²) in [5.74, 6) is 0.789. The van der Waals surface area contributed by atoms with Crippen LogP contribution in [0.5, 0.6) is 0 Å². The van der Waals surface area contributed by atoms with Gasteiger partial charge < -0.3 is 14.6 Å². The highest BCUT2D eigenvalue weighted by molar-refractivity contribution is 7.88. The van der Waals surface area contributed by atoms with E-state index in [4.69, 9.17) is 4.42 Å². The fourth-order valence-corrected chi connectivity index (χ4v) is 3.36. The van der Waals surface area contributed by atoms with Crippen LogP contribution in [-0.2, 0) is 10.0 Å². The van der Waals surface area contributed by atoms with Crippen molar-refractivity contribution in [3.05, 3.63) is 24.2 Å². The molecule has 1 atom stereocenters. The number of urea groups is 1. The highest BCUT2D eigenvalue weighted by atomic mass is 32.2. The number of rotatable bonds is 5. The van der Waals surface area contributed by atoms with Crippen molar-refractivity contribution >= 4 is 16.1 Å². The summed E-state index contributed by atoms with van der Waals surface area (Å²) in [6.45, 7) is 1.88. The fourth-order valence-electron chi connectivity index (χ4n) is 2.54. The van der Waals surface area contributed by atoms with Crippen molar-refractivity contribution in [1.82, 2.24) is 19.4 Å². The number of hydrogen-bond acceptors (Lipinski definition) is 5. The molecule has 1 aromatic rings. The van der Waals surface area contributed by atoms with Crippen LogP contribution in [0.2, 0.25) is 0 Å². The molecule has 1 aromatic heterocycles. The van der Waals surface area contributed by atoms with Crippen LogP contribution in [-0.4, -0.2) is 81.6 Å². The molecule has 130 valence electrons. The summed E-state index contributed by atoms with van der Waals surface area (Å²) in [5, 5.41) is 2.89. The number of carbonyl (C=O) groups excluding carboxylic acids is 1. The lowest BCUT2D eigenvalue weighted by atomic mass is 10.2. The predicted octanol–water partition coefficient (Wildman–Crippen LogP) is 0.169. The molecule has 1 aliphatic rings. The summed E-state index contributed by atoms with van der Waals surface area (Å²) in [6, 6.07) is 3.46. The highest BCUT2D eigenvalue weighted by Gasteiger charge is 2.26. The molecule has 9 heteroatoms. The SMILES string of the molecule is CN(C)C(CNC(=O)N1CCN(S(C)(=O)=O)CC1)c1ccco1. The molecular weight excluding hydrogens is 320 g/mol. The second-order valence-electron chi connectivity index (χ2n) is 5.83. The van der Waals surface area contributed by atoms with Gasteiger partial charge in [-0.3, -0.25) is 4.90 Å². The normalized spacial score (nSPS) is 18.2. The molecule has 1 unspecified atom stereocenters. The van der Waals surface area contributed by atoms with Crippen molar-refractivity contribution in [1.29, 1.82) is 0 Å². The van der Waals surface area contributed by atoms with Crippen LogP contribution in [0.3, 0.4) is 0 Å². The Hall–Kier alpha value is -1.58. The van der Waals surface area contributed by atoms with E-state index in [1.807, 2.05) is 31.1 Å². The van der Waals surface area contributed by atoms with Crippen molar-refractivity contribution in [3.8, 4) is 0 Å². The third-order valence-corrected chi connectivity index (χ3v) is 5.24. The average Bonchev–Trinajstić information content (AvgIpc) is 3.00. The summed E-state index contributed by atoms with van der Waals surface area (Å²) in [4.78, 5) is 15.9. The molecule has 8 nitrogen and oxygen atoms in total. The second-order valence-corrected chi connectivity index (χ2v) is 7.81. The third-order valence-electron chi connectivity index (χ3n) is 3.94. The van der Waals surface area contributed by atoms with Crippen molar-refractivity contribution < 1.29 is 17.6 Å².